The molecule has 0 bridgehead atoms. The molecule has 1 atom stereocenters. The molecule has 1 aromatic heterocycles. The van der Waals surface area contributed by atoms with Crippen LogP contribution in [0.3, 0.4) is 0 Å². The van der Waals surface area contributed by atoms with Gasteiger partial charge in [-0.2, -0.15) is 4.31 Å². The molecule has 0 N–H and O–H groups in total. The van der Waals surface area contributed by atoms with Gasteiger partial charge < -0.3 is 9.64 Å². The predicted molar refractivity (Wildman–Crippen MR) is 103 cm³/mol. The third kappa shape index (κ3) is 2.87. The second-order valence-corrected chi connectivity index (χ2v) is 9.38. The van der Waals surface area contributed by atoms with Gasteiger partial charge in [0.15, 0.2) is 0 Å². The normalized spacial score (nSPS) is 21.8. The molecular weight excluding hydrogens is 378 g/mol. The molecule has 0 unspecified atom stereocenters. The van der Waals surface area contributed by atoms with Crippen LogP contribution in [0.5, 0.6) is 5.88 Å². The maximum absolute atomic E-state index is 13.2. The number of hydrogen-bond acceptors (Lipinski definition) is 5. The van der Waals surface area contributed by atoms with Crippen molar-refractivity contribution in [1.82, 2.24) is 9.29 Å². The zero-order chi connectivity index (χ0) is 19.3. The molecule has 146 valence electrons. The zero-order valence-electron chi connectivity index (χ0n) is 15.4. The molecule has 8 heteroatoms. The Balaban J connectivity index is 1.39. The SMILES string of the molecule is O=C1CCc2cc(S(=O)(=O)N3CC[C@@H](Oc4ccccn4)C3)cc3c2N1CC3. The summed E-state index contributed by atoms with van der Waals surface area (Å²) in [5.41, 5.74) is 2.87. The maximum atomic E-state index is 13.2. The number of carbonyl (C=O) groups excluding carboxylic acids is 1. The minimum absolute atomic E-state index is 0.135. The standard InChI is InChI=1S/C20H21N3O4S/c24-19-5-4-14-11-17(12-15-6-10-23(19)20(14)15)28(25,26)22-9-7-16(13-22)27-18-3-1-2-8-21-18/h1-3,8,11-12,16H,4-7,9-10,13H2/t16-/m1/s1. The number of hydrogen-bond donors (Lipinski definition) is 0. The van der Waals surface area contributed by atoms with Crippen LogP contribution in [0.15, 0.2) is 41.4 Å². The number of nitrogens with zero attached hydrogens (tertiary/aromatic N) is 3. The van der Waals surface area contributed by atoms with Crippen LogP contribution in [-0.4, -0.2) is 49.4 Å². The second-order valence-electron chi connectivity index (χ2n) is 7.45. The van der Waals surface area contributed by atoms with Gasteiger partial charge in [-0.15, -0.1) is 0 Å². The Morgan fingerprint density at radius 1 is 1.07 bits per heavy atom. The topological polar surface area (TPSA) is 79.8 Å². The molecule has 4 heterocycles. The van der Waals surface area contributed by atoms with Gasteiger partial charge in [0, 0.05) is 31.8 Å². The highest BCUT2D eigenvalue weighted by Gasteiger charge is 2.37. The Morgan fingerprint density at radius 3 is 2.68 bits per heavy atom. The lowest BCUT2D eigenvalue weighted by atomic mass is 10.00. The molecule has 1 saturated heterocycles. The van der Waals surface area contributed by atoms with E-state index in [0.717, 1.165) is 16.8 Å². The van der Waals surface area contributed by atoms with Gasteiger partial charge in [0.1, 0.15) is 6.10 Å². The van der Waals surface area contributed by atoms with Gasteiger partial charge in [0.25, 0.3) is 0 Å². The minimum Gasteiger partial charge on any atom is -0.473 e. The zero-order valence-corrected chi connectivity index (χ0v) is 16.2. The molecule has 3 aliphatic heterocycles. The van der Waals surface area contributed by atoms with Crippen LogP contribution in [-0.2, 0) is 27.7 Å². The number of carbonyl (C=O) groups is 1. The molecule has 3 aliphatic rings. The van der Waals surface area contributed by atoms with E-state index < -0.39 is 10.0 Å². The van der Waals surface area contributed by atoms with E-state index in [1.807, 2.05) is 12.1 Å². The smallest absolute Gasteiger partial charge is 0.243 e. The van der Waals surface area contributed by atoms with E-state index in [2.05, 4.69) is 4.98 Å². The third-order valence-corrected chi connectivity index (χ3v) is 7.54. The fraction of sp³-hybridized carbons (Fsp3) is 0.400. The fourth-order valence-corrected chi connectivity index (χ4v) is 5.91. The van der Waals surface area contributed by atoms with Gasteiger partial charge in [-0.3, -0.25) is 4.79 Å². The molecule has 7 nitrogen and oxygen atoms in total. The lowest BCUT2D eigenvalue weighted by molar-refractivity contribution is -0.118. The first-order chi connectivity index (χ1) is 13.5. The quantitative estimate of drug-likeness (QED) is 0.783. The number of sulfonamides is 1. The van der Waals surface area contributed by atoms with Crippen LogP contribution in [0.4, 0.5) is 5.69 Å². The third-order valence-electron chi connectivity index (χ3n) is 5.70. The van der Waals surface area contributed by atoms with Crippen LogP contribution in [0.25, 0.3) is 0 Å². The summed E-state index contributed by atoms with van der Waals surface area (Å²) in [5.74, 6) is 0.648. The van der Waals surface area contributed by atoms with E-state index in [4.69, 9.17) is 4.74 Å². The van der Waals surface area contributed by atoms with E-state index >= 15 is 0 Å². The molecule has 0 radical (unpaired) electrons. The van der Waals surface area contributed by atoms with Crippen molar-refractivity contribution >= 4 is 21.6 Å². The molecular formula is C20H21N3O4S. The van der Waals surface area contributed by atoms with Crippen molar-refractivity contribution in [2.45, 2.75) is 36.7 Å². The number of aromatic nitrogens is 1. The van der Waals surface area contributed by atoms with E-state index in [0.29, 0.717) is 56.1 Å². The lowest BCUT2D eigenvalue weighted by Gasteiger charge is -2.26. The number of anilines is 1. The van der Waals surface area contributed by atoms with Crippen molar-refractivity contribution < 1.29 is 17.9 Å². The van der Waals surface area contributed by atoms with E-state index in [1.165, 1.54) is 4.31 Å². The molecule has 1 amide bonds. The molecule has 0 saturated carbocycles. The molecule has 0 spiro atoms. The first-order valence-corrected chi connectivity index (χ1v) is 11.0. The van der Waals surface area contributed by atoms with E-state index in [9.17, 15) is 13.2 Å². The average Bonchev–Trinajstić information content (AvgIpc) is 3.34. The Labute approximate surface area is 164 Å². The van der Waals surface area contributed by atoms with Crippen molar-refractivity contribution in [3.8, 4) is 5.88 Å². The number of rotatable bonds is 4. The Hall–Kier alpha value is -2.45. The van der Waals surface area contributed by atoms with E-state index in [-0.39, 0.29) is 12.0 Å². The summed E-state index contributed by atoms with van der Waals surface area (Å²) in [5, 5.41) is 0. The first-order valence-electron chi connectivity index (χ1n) is 9.56. The molecule has 1 aromatic carbocycles. The largest absolute Gasteiger partial charge is 0.473 e. The van der Waals surface area contributed by atoms with Gasteiger partial charge in [-0.1, -0.05) is 6.07 Å². The van der Waals surface area contributed by atoms with Crippen LogP contribution >= 0.6 is 0 Å². The lowest BCUT2D eigenvalue weighted by Crippen LogP contribution is -2.33. The van der Waals surface area contributed by atoms with Crippen molar-refractivity contribution in [2.24, 2.45) is 0 Å². The summed E-state index contributed by atoms with van der Waals surface area (Å²) in [7, 11) is -3.60. The van der Waals surface area contributed by atoms with Crippen LogP contribution in [0, 0.1) is 0 Å². The van der Waals surface area contributed by atoms with Gasteiger partial charge in [0.05, 0.1) is 17.1 Å². The summed E-state index contributed by atoms with van der Waals surface area (Å²) in [6, 6.07) is 8.93. The van der Waals surface area contributed by atoms with Crippen molar-refractivity contribution in [3.63, 3.8) is 0 Å². The number of aryl methyl sites for hydroxylation is 1. The Morgan fingerprint density at radius 2 is 1.89 bits per heavy atom. The highest BCUT2D eigenvalue weighted by atomic mass is 32.2. The van der Waals surface area contributed by atoms with Gasteiger partial charge in [0.2, 0.25) is 21.8 Å². The van der Waals surface area contributed by atoms with Crippen molar-refractivity contribution in [3.05, 3.63) is 47.7 Å². The number of pyridine rings is 1. The fourth-order valence-electron chi connectivity index (χ4n) is 4.32. The average molecular weight is 399 g/mol. The highest BCUT2D eigenvalue weighted by molar-refractivity contribution is 7.89. The molecule has 2 aromatic rings. The van der Waals surface area contributed by atoms with Crippen LogP contribution in [0.1, 0.15) is 24.0 Å². The van der Waals surface area contributed by atoms with Gasteiger partial charge in [-0.25, -0.2) is 13.4 Å². The number of ether oxygens (including phenoxy) is 1. The molecule has 5 rings (SSSR count). The van der Waals surface area contributed by atoms with E-state index in [1.54, 1.807) is 29.3 Å². The summed E-state index contributed by atoms with van der Waals surface area (Å²) >= 11 is 0. The monoisotopic (exact) mass is 399 g/mol. The van der Waals surface area contributed by atoms with Crippen LogP contribution in [0.2, 0.25) is 0 Å². The molecule has 0 aliphatic carbocycles. The summed E-state index contributed by atoms with van der Waals surface area (Å²) < 4.78 is 33.8. The van der Waals surface area contributed by atoms with Crippen molar-refractivity contribution in [2.75, 3.05) is 24.5 Å². The molecule has 1 fully saturated rings. The Kier molecular flexibility index (Phi) is 4.13. The summed E-state index contributed by atoms with van der Waals surface area (Å²) in [4.78, 5) is 18.4. The summed E-state index contributed by atoms with van der Waals surface area (Å²) in [6.07, 6.45) is 3.85. The summed E-state index contributed by atoms with van der Waals surface area (Å²) in [6.45, 7) is 1.39. The van der Waals surface area contributed by atoms with Gasteiger partial charge in [-0.05, 0) is 48.6 Å². The maximum Gasteiger partial charge on any atom is 0.243 e. The second kappa shape index (κ2) is 6.56. The number of benzene rings is 1. The minimum atomic E-state index is -3.60. The first kappa shape index (κ1) is 17.6. The Bertz CT molecular complexity index is 1040. The van der Waals surface area contributed by atoms with Gasteiger partial charge >= 0.3 is 0 Å². The number of amides is 1. The highest BCUT2D eigenvalue weighted by Crippen LogP contribution is 2.39. The predicted octanol–water partition coefficient (Wildman–Crippen LogP) is 1.76. The molecule has 28 heavy (non-hydrogen) atoms. The van der Waals surface area contributed by atoms with Crippen molar-refractivity contribution in [1.29, 1.82) is 0 Å². The van der Waals surface area contributed by atoms with Crippen LogP contribution < -0.4 is 9.64 Å².